The lowest BCUT2D eigenvalue weighted by molar-refractivity contribution is 0.960. The molecule has 1 aromatic heterocycles. The molecule has 0 aliphatic rings. The second-order valence-electron chi connectivity index (χ2n) is 2.74. The first-order valence-corrected chi connectivity index (χ1v) is 3.99. The number of hydrogen-bond acceptors (Lipinski definition) is 3. The van der Waals surface area contributed by atoms with Gasteiger partial charge in [-0.25, -0.2) is 4.79 Å². The normalized spacial score (nSPS) is 10.5. The van der Waals surface area contributed by atoms with Crippen LogP contribution in [0, 0.1) is 0 Å². The first-order valence-electron chi connectivity index (χ1n) is 3.99. The van der Waals surface area contributed by atoms with Crippen LogP contribution < -0.4 is 11.4 Å². The van der Waals surface area contributed by atoms with E-state index < -0.39 is 0 Å². The van der Waals surface area contributed by atoms with Crippen molar-refractivity contribution >= 4 is 10.9 Å². The highest BCUT2D eigenvalue weighted by Gasteiger charge is 2.00. The standard InChI is InChI=1S/C9H9N3O/c10-5-8-6-3-1-2-4-7(6)11-9(13)12-8/h1-4H,5,10H2,(H,11,12,13). The molecule has 0 aliphatic carbocycles. The maximum atomic E-state index is 11.0. The Bertz CT molecular complexity index is 489. The number of fused-ring (bicyclic) bond motifs is 1. The summed E-state index contributed by atoms with van der Waals surface area (Å²) in [6.45, 7) is 0.318. The van der Waals surface area contributed by atoms with Crippen LogP contribution in [0.4, 0.5) is 0 Å². The molecule has 0 bridgehead atoms. The number of rotatable bonds is 1. The summed E-state index contributed by atoms with van der Waals surface area (Å²) in [5.41, 5.74) is 6.56. The highest BCUT2D eigenvalue weighted by atomic mass is 16.1. The lowest BCUT2D eigenvalue weighted by atomic mass is 10.2. The third-order valence-corrected chi connectivity index (χ3v) is 1.91. The maximum absolute atomic E-state index is 11.0. The van der Waals surface area contributed by atoms with E-state index in [2.05, 4.69) is 9.97 Å². The van der Waals surface area contributed by atoms with Crippen molar-refractivity contribution in [2.75, 3.05) is 0 Å². The molecule has 1 heterocycles. The molecule has 3 N–H and O–H groups in total. The molecule has 1 aromatic carbocycles. The third kappa shape index (κ3) is 1.31. The number of aromatic nitrogens is 2. The summed E-state index contributed by atoms with van der Waals surface area (Å²) in [5, 5.41) is 0.907. The quantitative estimate of drug-likeness (QED) is 0.658. The van der Waals surface area contributed by atoms with Gasteiger partial charge >= 0.3 is 5.69 Å². The van der Waals surface area contributed by atoms with Crippen LogP contribution in [0.3, 0.4) is 0 Å². The van der Waals surface area contributed by atoms with E-state index in [9.17, 15) is 4.79 Å². The minimum Gasteiger partial charge on any atom is -0.325 e. The van der Waals surface area contributed by atoms with Crippen molar-refractivity contribution in [2.45, 2.75) is 6.54 Å². The van der Waals surface area contributed by atoms with Crippen LogP contribution >= 0.6 is 0 Å². The first kappa shape index (κ1) is 7.94. The number of nitrogens with one attached hydrogen (secondary N) is 1. The number of para-hydroxylation sites is 1. The third-order valence-electron chi connectivity index (χ3n) is 1.91. The predicted molar refractivity (Wildman–Crippen MR) is 50.3 cm³/mol. The molecular weight excluding hydrogens is 166 g/mol. The number of benzene rings is 1. The Kier molecular flexibility index (Phi) is 1.83. The zero-order valence-electron chi connectivity index (χ0n) is 6.95. The van der Waals surface area contributed by atoms with Crippen molar-refractivity contribution in [3.63, 3.8) is 0 Å². The maximum Gasteiger partial charge on any atom is 0.345 e. The van der Waals surface area contributed by atoms with E-state index in [4.69, 9.17) is 5.73 Å². The van der Waals surface area contributed by atoms with Gasteiger partial charge < -0.3 is 10.7 Å². The van der Waals surface area contributed by atoms with Gasteiger partial charge in [-0.1, -0.05) is 18.2 Å². The van der Waals surface area contributed by atoms with E-state index in [-0.39, 0.29) is 5.69 Å². The highest BCUT2D eigenvalue weighted by Crippen LogP contribution is 2.11. The molecule has 0 spiro atoms. The van der Waals surface area contributed by atoms with Gasteiger partial charge in [0.25, 0.3) is 0 Å². The van der Waals surface area contributed by atoms with Crippen molar-refractivity contribution in [3.8, 4) is 0 Å². The number of hydrogen-bond donors (Lipinski definition) is 2. The van der Waals surface area contributed by atoms with Gasteiger partial charge in [-0.15, -0.1) is 0 Å². The number of aromatic amines is 1. The molecule has 4 nitrogen and oxygen atoms in total. The smallest absolute Gasteiger partial charge is 0.325 e. The van der Waals surface area contributed by atoms with Gasteiger partial charge in [0.1, 0.15) is 0 Å². The molecule has 0 amide bonds. The predicted octanol–water partition coefficient (Wildman–Crippen LogP) is 0.382. The van der Waals surface area contributed by atoms with E-state index in [1.54, 1.807) is 6.07 Å². The Labute approximate surface area is 74.4 Å². The summed E-state index contributed by atoms with van der Waals surface area (Å²) in [6, 6.07) is 7.42. The monoisotopic (exact) mass is 175 g/mol. The largest absolute Gasteiger partial charge is 0.345 e. The second kappa shape index (κ2) is 2.99. The van der Waals surface area contributed by atoms with Gasteiger partial charge in [-0.05, 0) is 6.07 Å². The molecule has 0 saturated heterocycles. The molecule has 2 aromatic rings. The van der Waals surface area contributed by atoms with E-state index in [0.717, 1.165) is 11.1 Å². The number of H-pyrrole nitrogens is 1. The van der Waals surface area contributed by atoms with Crippen molar-refractivity contribution in [1.29, 1.82) is 0 Å². The van der Waals surface area contributed by atoms with Gasteiger partial charge in [0.15, 0.2) is 0 Å². The Morgan fingerprint density at radius 1 is 1.38 bits per heavy atom. The minimum absolute atomic E-state index is 0.318. The highest BCUT2D eigenvalue weighted by molar-refractivity contribution is 5.80. The summed E-state index contributed by atoms with van der Waals surface area (Å²) in [5.74, 6) is 0. The average Bonchev–Trinajstić information content (AvgIpc) is 2.16. The fraction of sp³-hybridized carbons (Fsp3) is 0.111. The summed E-state index contributed by atoms with van der Waals surface area (Å²) in [4.78, 5) is 17.5. The molecule has 66 valence electrons. The first-order chi connectivity index (χ1) is 6.31. The molecule has 0 atom stereocenters. The molecule has 0 unspecified atom stereocenters. The van der Waals surface area contributed by atoms with Crippen LogP contribution in [-0.2, 0) is 6.54 Å². The molecule has 0 radical (unpaired) electrons. The van der Waals surface area contributed by atoms with E-state index in [1.165, 1.54) is 0 Å². The fourth-order valence-corrected chi connectivity index (χ4v) is 1.32. The summed E-state index contributed by atoms with van der Waals surface area (Å²) < 4.78 is 0. The van der Waals surface area contributed by atoms with E-state index >= 15 is 0 Å². The molecule has 4 heteroatoms. The number of nitrogens with zero attached hydrogens (tertiary/aromatic N) is 1. The lowest BCUT2D eigenvalue weighted by Gasteiger charge is -2.01. The summed E-state index contributed by atoms with van der Waals surface area (Å²) >= 11 is 0. The van der Waals surface area contributed by atoms with Gasteiger partial charge in [-0.2, -0.15) is 4.98 Å². The molecule has 0 fully saturated rings. The minimum atomic E-state index is -0.348. The fourth-order valence-electron chi connectivity index (χ4n) is 1.32. The lowest BCUT2D eigenvalue weighted by Crippen LogP contribution is -2.15. The summed E-state index contributed by atoms with van der Waals surface area (Å²) in [6.07, 6.45) is 0. The zero-order chi connectivity index (χ0) is 9.26. The molecule has 13 heavy (non-hydrogen) atoms. The van der Waals surface area contributed by atoms with Gasteiger partial charge in [0.05, 0.1) is 5.52 Å². The van der Waals surface area contributed by atoms with E-state index in [1.807, 2.05) is 18.2 Å². The number of nitrogens with two attached hydrogens (primary N) is 1. The zero-order valence-corrected chi connectivity index (χ0v) is 6.95. The Balaban J connectivity index is 2.89. The Hall–Kier alpha value is -1.68. The van der Waals surface area contributed by atoms with Gasteiger partial charge in [-0.3, -0.25) is 0 Å². The van der Waals surface area contributed by atoms with Crippen molar-refractivity contribution in [1.82, 2.24) is 9.97 Å². The summed E-state index contributed by atoms with van der Waals surface area (Å²) in [7, 11) is 0. The van der Waals surface area contributed by atoms with Gasteiger partial charge in [0.2, 0.25) is 0 Å². The molecule has 0 aliphatic heterocycles. The van der Waals surface area contributed by atoms with Crippen molar-refractivity contribution in [2.24, 2.45) is 5.73 Å². The van der Waals surface area contributed by atoms with Crippen LogP contribution in [0.25, 0.3) is 10.9 Å². The Morgan fingerprint density at radius 2 is 2.15 bits per heavy atom. The topological polar surface area (TPSA) is 71.8 Å². The van der Waals surface area contributed by atoms with E-state index in [0.29, 0.717) is 12.1 Å². The molecule has 0 saturated carbocycles. The van der Waals surface area contributed by atoms with Gasteiger partial charge in [0, 0.05) is 17.6 Å². The SMILES string of the molecule is NCc1[nH]c(=O)nc2ccccc12. The molecule has 2 rings (SSSR count). The van der Waals surface area contributed by atoms with Crippen LogP contribution in [0.2, 0.25) is 0 Å². The second-order valence-corrected chi connectivity index (χ2v) is 2.74. The average molecular weight is 175 g/mol. The van der Waals surface area contributed by atoms with Crippen LogP contribution in [0.5, 0.6) is 0 Å². The van der Waals surface area contributed by atoms with Crippen LogP contribution in [0.1, 0.15) is 5.69 Å². The van der Waals surface area contributed by atoms with Crippen LogP contribution in [0.15, 0.2) is 29.1 Å². The molecular formula is C9H9N3O. The van der Waals surface area contributed by atoms with Crippen molar-refractivity contribution in [3.05, 3.63) is 40.4 Å². The Morgan fingerprint density at radius 3 is 2.92 bits per heavy atom. The van der Waals surface area contributed by atoms with Crippen LogP contribution in [-0.4, -0.2) is 9.97 Å². The van der Waals surface area contributed by atoms with Crippen molar-refractivity contribution < 1.29 is 0 Å².